The Bertz CT molecular complexity index is 1450. The summed E-state index contributed by atoms with van der Waals surface area (Å²) in [7, 11) is -2.12. The second-order valence-corrected chi connectivity index (χ2v) is 11.5. The van der Waals surface area contributed by atoms with Gasteiger partial charge >= 0.3 is 0 Å². The van der Waals surface area contributed by atoms with Gasteiger partial charge in [-0.25, -0.2) is 13.1 Å². The number of aryl methyl sites for hydroxylation is 1. The number of methoxy groups -OCH3 is 1. The van der Waals surface area contributed by atoms with Crippen molar-refractivity contribution < 1.29 is 13.2 Å². The molecule has 2 heterocycles. The van der Waals surface area contributed by atoms with E-state index in [4.69, 9.17) is 4.74 Å². The topological polar surface area (TPSA) is 96.8 Å². The Morgan fingerprint density at radius 1 is 1.06 bits per heavy atom. The molecule has 1 aromatic heterocycles. The van der Waals surface area contributed by atoms with Crippen molar-refractivity contribution in [2.75, 3.05) is 20.2 Å². The van der Waals surface area contributed by atoms with Crippen molar-refractivity contribution in [1.82, 2.24) is 14.1 Å². The summed E-state index contributed by atoms with van der Waals surface area (Å²) in [4.78, 5) is 17.8. The minimum atomic E-state index is -3.59. The number of piperidine rings is 1. The number of aromatic amines is 1. The number of hydrogen-bond acceptors (Lipinski definition) is 5. The Kier molecular flexibility index (Phi) is 7.35. The third kappa shape index (κ3) is 4.87. The van der Waals surface area contributed by atoms with E-state index in [1.54, 1.807) is 6.07 Å². The molecule has 186 valence electrons. The largest absolute Gasteiger partial charge is 0.494 e. The summed E-state index contributed by atoms with van der Waals surface area (Å²) in [6.45, 7) is 6.83. The van der Waals surface area contributed by atoms with Gasteiger partial charge in [-0.05, 0) is 69.0 Å². The summed E-state index contributed by atoms with van der Waals surface area (Å²) in [5, 5.41) is 3.13. The van der Waals surface area contributed by atoms with Crippen molar-refractivity contribution in [3.8, 4) is 11.4 Å². The van der Waals surface area contributed by atoms with Gasteiger partial charge in [-0.2, -0.15) is 4.31 Å². The van der Waals surface area contributed by atoms with Crippen molar-refractivity contribution in [3.63, 3.8) is 0 Å². The number of H-pyrrole nitrogens is 1. The molecule has 1 N–H and O–H groups in total. The van der Waals surface area contributed by atoms with Gasteiger partial charge in [0.15, 0.2) is 0 Å². The Labute approximate surface area is 213 Å². The smallest absolute Gasteiger partial charge is 0.280 e. The van der Waals surface area contributed by atoms with Crippen LogP contribution in [-0.2, 0) is 10.0 Å². The molecule has 4 rings (SSSR count). The standard InChI is InChI=1S/C25H29BrN4O4S/c1-16-17(2)23(11-9-21(16)26)30-25(31)20(18(3)28-30)15-27-22-10-8-19(14-24(22)34-4)35(32,33)29-12-6-5-7-13-29/h8-11,14-15,28H,5-7,12-13H2,1-4H3. The number of aliphatic imine (C=N–C) groups is 1. The van der Waals surface area contributed by atoms with E-state index in [-0.39, 0.29) is 10.5 Å². The van der Waals surface area contributed by atoms with E-state index < -0.39 is 10.0 Å². The molecule has 1 aliphatic heterocycles. The maximum atomic E-state index is 13.2. The van der Waals surface area contributed by atoms with Gasteiger partial charge in [0.05, 0.1) is 23.3 Å². The molecule has 0 atom stereocenters. The van der Waals surface area contributed by atoms with E-state index in [0.29, 0.717) is 35.8 Å². The molecule has 10 heteroatoms. The molecule has 3 aromatic rings. The molecule has 8 nitrogen and oxygen atoms in total. The zero-order chi connectivity index (χ0) is 25.3. The number of sulfonamides is 1. The molecule has 0 unspecified atom stereocenters. The highest BCUT2D eigenvalue weighted by atomic mass is 79.9. The summed E-state index contributed by atoms with van der Waals surface area (Å²) in [6, 6.07) is 8.44. The van der Waals surface area contributed by atoms with E-state index in [1.807, 2.05) is 32.9 Å². The van der Waals surface area contributed by atoms with Crippen LogP contribution in [0, 0.1) is 20.8 Å². The molecule has 0 saturated carbocycles. The van der Waals surface area contributed by atoms with Gasteiger partial charge in [0, 0.05) is 35.5 Å². The maximum absolute atomic E-state index is 13.2. The summed E-state index contributed by atoms with van der Waals surface area (Å²) in [5.41, 5.74) is 4.11. The van der Waals surface area contributed by atoms with Crippen molar-refractivity contribution >= 4 is 37.9 Å². The van der Waals surface area contributed by atoms with Crippen LogP contribution < -0.4 is 10.3 Å². The molecule has 0 bridgehead atoms. The molecule has 2 aromatic carbocycles. The fourth-order valence-corrected chi connectivity index (χ4v) is 6.17. The molecule has 1 saturated heterocycles. The minimum absolute atomic E-state index is 0.177. The zero-order valence-corrected chi connectivity index (χ0v) is 22.7. The van der Waals surface area contributed by atoms with Crippen LogP contribution in [0.2, 0.25) is 0 Å². The zero-order valence-electron chi connectivity index (χ0n) is 20.3. The number of aromatic nitrogens is 2. The van der Waals surface area contributed by atoms with Crippen molar-refractivity contribution in [3.05, 3.63) is 67.5 Å². The van der Waals surface area contributed by atoms with Gasteiger partial charge in [-0.1, -0.05) is 22.4 Å². The quantitative estimate of drug-likeness (QED) is 0.438. The molecule has 0 radical (unpaired) electrons. The van der Waals surface area contributed by atoms with Crippen LogP contribution in [0.3, 0.4) is 0 Å². The number of nitrogens with one attached hydrogen (secondary N) is 1. The Hall–Kier alpha value is -2.69. The summed E-state index contributed by atoms with van der Waals surface area (Å²) < 4.78 is 35.5. The first kappa shape index (κ1) is 25.4. The average Bonchev–Trinajstić information content (AvgIpc) is 3.14. The van der Waals surface area contributed by atoms with E-state index >= 15 is 0 Å². The number of ether oxygens (including phenoxy) is 1. The van der Waals surface area contributed by atoms with Gasteiger partial charge in [-0.3, -0.25) is 14.9 Å². The second kappa shape index (κ2) is 10.1. The third-order valence-electron chi connectivity index (χ3n) is 6.49. The van der Waals surface area contributed by atoms with Crippen LogP contribution in [-0.4, -0.2) is 48.9 Å². The Balaban J connectivity index is 1.67. The molecular formula is C25H29BrN4O4S. The maximum Gasteiger partial charge on any atom is 0.280 e. The highest BCUT2D eigenvalue weighted by Crippen LogP contribution is 2.32. The van der Waals surface area contributed by atoms with Crippen LogP contribution in [0.4, 0.5) is 5.69 Å². The number of benzene rings is 2. The van der Waals surface area contributed by atoms with E-state index in [2.05, 4.69) is 26.0 Å². The minimum Gasteiger partial charge on any atom is -0.494 e. The second-order valence-electron chi connectivity index (χ2n) is 8.66. The SMILES string of the molecule is COc1cc(S(=O)(=O)N2CCCCC2)ccc1N=Cc1c(C)[nH]n(-c2ccc(Br)c(C)c2C)c1=O. The molecule has 0 spiro atoms. The van der Waals surface area contributed by atoms with Gasteiger partial charge in [0.25, 0.3) is 5.56 Å². The first-order valence-electron chi connectivity index (χ1n) is 11.4. The fraction of sp³-hybridized carbons (Fsp3) is 0.360. The van der Waals surface area contributed by atoms with Gasteiger partial charge < -0.3 is 4.74 Å². The Morgan fingerprint density at radius 3 is 2.46 bits per heavy atom. The predicted molar refractivity (Wildman–Crippen MR) is 141 cm³/mol. The molecule has 0 amide bonds. The van der Waals surface area contributed by atoms with Crippen molar-refractivity contribution in [1.29, 1.82) is 0 Å². The lowest BCUT2D eigenvalue weighted by Crippen LogP contribution is -2.35. The van der Waals surface area contributed by atoms with Crippen LogP contribution in [0.15, 0.2) is 49.5 Å². The summed E-state index contributed by atoms with van der Waals surface area (Å²) in [6.07, 6.45) is 4.27. The van der Waals surface area contributed by atoms with E-state index in [9.17, 15) is 13.2 Å². The molecule has 35 heavy (non-hydrogen) atoms. The van der Waals surface area contributed by atoms with Gasteiger partial charge in [0.2, 0.25) is 10.0 Å². The van der Waals surface area contributed by atoms with Crippen LogP contribution in [0.1, 0.15) is 41.6 Å². The van der Waals surface area contributed by atoms with E-state index in [0.717, 1.165) is 40.5 Å². The Morgan fingerprint density at radius 2 is 1.77 bits per heavy atom. The summed E-state index contributed by atoms with van der Waals surface area (Å²) >= 11 is 3.52. The number of hydrogen-bond donors (Lipinski definition) is 1. The third-order valence-corrected chi connectivity index (χ3v) is 9.24. The highest BCUT2D eigenvalue weighted by molar-refractivity contribution is 9.10. The van der Waals surface area contributed by atoms with E-state index in [1.165, 1.54) is 34.4 Å². The predicted octanol–water partition coefficient (Wildman–Crippen LogP) is 4.79. The number of nitrogens with zero attached hydrogens (tertiary/aromatic N) is 3. The molecule has 0 aliphatic carbocycles. The van der Waals surface area contributed by atoms with Crippen LogP contribution >= 0.6 is 15.9 Å². The fourth-order valence-electron chi connectivity index (χ4n) is 4.21. The first-order chi connectivity index (χ1) is 16.6. The lowest BCUT2D eigenvalue weighted by Gasteiger charge is -2.26. The number of rotatable bonds is 6. The molecular weight excluding hydrogens is 532 g/mol. The van der Waals surface area contributed by atoms with Gasteiger partial charge in [-0.15, -0.1) is 0 Å². The summed E-state index contributed by atoms with van der Waals surface area (Å²) in [5.74, 6) is 0.326. The van der Waals surface area contributed by atoms with Crippen molar-refractivity contribution in [2.45, 2.75) is 44.9 Å². The van der Waals surface area contributed by atoms with Gasteiger partial charge in [0.1, 0.15) is 11.4 Å². The van der Waals surface area contributed by atoms with Crippen LogP contribution in [0.5, 0.6) is 5.75 Å². The molecule has 1 aliphatic rings. The van der Waals surface area contributed by atoms with Crippen LogP contribution in [0.25, 0.3) is 5.69 Å². The number of halogens is 1. The normalized spacial score (nSPS) is 15.1. The average molecular weight is 562 g/mol. The highest BCUT2D eigenvalue weighted by Gasteiger charge is 2.26. The first-order valence-corrected chi connectivity index (χ1v) is 13.7. The van der Waals surface area contributed by atoms with Crippen molar-refractivity contribution in [2.24, 2.45) is 4.99 Å². The lowest BCUT2D eigenvalue weighted by atomic mass is 10.1. The molecule has 1 fully saturated rings. The monoisotopic (exact) mass is 560 g/mol. The lowest BCUT2D eigenvalue weighted by molar-refractivity contribution is 0.346.